The van der Waals surface area contributed by atoms with Crippen LogP contribution >= 0.6 is 0 Å². The zero-order chi connectivity index (χ0) is 20.9. The van der Waals surface area contributed by atoms with Crippen LogP contribution in [0.3, 0.4) is 0 Å². The Labute approximate surface area is 172 Å². The average molecular weight is 400 g/mol. The van der Waals surface area contributed by atoms with Crippen molar-refractivity contribution in [2.45, 2.75) is 20.4 Å². The van der Waals surface area contributed by atoms with E-state index in [1.54, 1.807) is 24.7 Å². The van der Waals surface area contributed by atoms with Gasteiger partial charge in [0.15, 0.2) is 12.4 Å². The molecule has 3 heterocycles. The van der Waals surface area contributed by atoms with Gasteiger partial charge in [0.1, 0.15) is 23.4 Å². The Morgan fingerprint density at radius 1 is 1.03 bits per heavy atom. The summed E-state index contributed by atoms with van der Waals surface area (Å²) in [6.45, 7) is 4.03. The van der Waals surface area contributed by atoms with E-state index in [1.165, 1.54) is 6.33 Å². The van der Waals surface area contributed by atoms with Gasteiger partial charge in [0.05, 0.1) is 17.9 Å². The van der Waals surface area contributed by atoms with Gasteiger partial charge in [0, 0.05) is 23.3 Å². The Hall–Kier alpha value is -4.01. The van der Waals surface area contributed by atoms with Crippen molar-refractivity contribution >= 4 is 23.0 Å². The van der Waals surface area contributed by atoms with Crippen LogP contribution in [0.25, 0.3) is 22.3 Å². The largest absolute Gasteiger partial charge is 0.483 e. The second-order valence-electron chi connectivity index (χ2n) is 6.63. The Bertz CT molecular complexity index is 1180. The van der Waals surface area contributed by atoms with Gasteiger partial charge < -0.3 is 10.1 Å². The Balaban J connectivity index is 1.76. The maximum atomic E-state index is 10.7. The van der Waals surface area contributed by atoms with Crippen molar-refractivity contribution in [3.63, 3.8) is 0 Å². The first-order valence-electron chi connectivity index (χ1n) is 9.22. The van der Waals surface area contributed by atoms with Crippen LogP contribution in [0, 0.1) is 13.8 Å². The van der Waals surface area contributed by atoms with Gasteiger partial charge in [0.2, 0.25) is 6.29 Å². The first-order chi connectivity index (χ1) is 14.6. The number of nitrogens with zero attached hydrogens (tertiary/aromatic N) is 6. The molecule has 1 radical (unpaired) electrons. The monoisotopic (exact) mass is 400 g/mol. The van der Waals surface area contributed by atoms with E-state index in [0.29, 0.717) is 34.8 Å². The third-order valence-corrected chi connectivity index (χ3v) is 4.32. The molecule has 1 N–H and O–H groups in total. The number of carbonyl (C=O) groups excluding carboxylic acids is 1. The number of aromatic nitrogens is 6. The van der Waals surface area contributed by atoms with Gasteiger partial charge in [-0.1, -0.05) is 0 Å². The summed E-state index contributed by atoms with van der Waals surface area (Å²) in [5, 5.41) is 12.2. The van der Waals surface area contributed by atoms with Crippen LogP contribution in [0.2, 0.25) is 0 Å². The van der Waals surface area contributed by atoms with Crippen LogP contribution in [0.5, 0.6) is 5.75 Å². The van der Waals surface area contributed by atoms with Crippen LogP contribution in [-0.2, 0) is 11.3 Å². The number of hydrogen-bond acceptors (Lipinski definition) is 9. The number of rotatable bonds is 7. The zero-order valence-electron chi connectivity index (χ0n) is 16.5. The standard InChI is InChI=1S/C21H18N7O2/c1-13-9-22-20(23-10-13)15-7-17-19(18(8-15)30-6-5-29)25-12-26-21(17)24-11-16-4-3-14(2)27-28-16/h3-4,7-10,12H,6,11H2,1-2H3,(H,24,25,26). The predicted octanol–water partition coefficient (Wildman–Crippen LogP) is 2.59. The van der Waals surface area contributed by atoms with Crippen molar-refractivity contribution in [1.82, 2.24) is 30.1 Å². The lowest BCUT2D eigenvalue weighted by Crippen LogP contribution is -2.06. The minimum Gasteiger partial charge on any atom is -0.483 e. The lowest BCUT2D eigenvalue weighted by Gasteiger charge is -2.12. The first-order valence-corrected chi connectivity index (χ1v) is 9.22. The number of ether oxygens (including phenoxy) is 1. The molecule has 0 spiro atoms. The van der Waals surface area contributed by atoms with Crippen molar-refractivity contribution < 1.29 is 9.53 Å². The van der Waals surface area contributed by atoms with E-state index in [1.807, 2.05) is 32.0 Å². The summed E-state index contributed by atoms with van der Waals surface area (Å²) in [5.41, 5.74) is 3.86. The maximum absolute atomic E-state index is 10.7. The molecule has 0 fully saturated rings. The normalized spacial score (nSPS) is 10.7. The highest BCUT2D eigenvalue weighted by Crippen LogP contribution is 2.33. The third kappa shape index (κ3) is 4.19. The number of hydrogen-bond donors (Lipinski definition) is 1. The van der Waals surface area contributed by atoms with Crippen LogP contribution in [0.1, 0.15) is 17.0 Å². The molecule has 9 nitrogen and oxygen atoms in total. The number of nitrogens with one attached hydrogen (secondary N) is 1. The molecule has 4 aromatic rings. The van der Waals surface area contributed by atoms with Crippen molar-refractivity contribution in [3.8, 4) is 17.1 Å². The highest BCUT2D eigenvalue weighted by atomic mass is 16.5. The number of aryl methyl sites for hydroxylation is 2. The zero-order valence-corrected chi connectivity index (χ0v) is 16.5. The topological polar surface area (TPSA) is 116 Å². The lowest BCUT2D eigenvalue weighted by molar-refractivity contribution is 0.368. The molecule has 149 valence electrons. The fourth-order valence-electron chi connectivity index (χ4n) is 2.86. The van der Waals surface area contributed by atoms with E-state index in [9.17, 15) is 4.79 Å². The van der Waals surface area contributed by atoms with E-state index < -0.39 is 0 Å². The smallest absolute Gasteiger partial charge is 0.239 e. The molecule has 0 bridgehead atoms. The van der Waals surface area contributed by atoms with E-state index >= 15 is 0 Å². The highest BCUT2D eigenvalue weighted by Gasteiger charge is 2.14. The van der Waals surface area contributed by atoms with Crippen molar-refractivity contribution in [3.05, 3.63) is 59.9 Å². The molecule has 0 atom stereocenters. The number of anilines is 1. The number of fused-ring (bicyclic) bond motifs is 1. The molecular weight excluding hydrogens is 382 g/mol. The molecule has 0 saturated heterocycles. The van der Waals surface area contributed by atoms with Crippen LogP contribution in [0.4, 0.5) is 5.82 Å². The Morgan fingerprint density at radius 3 is 2.60 bits per heavy atom. The van der Waals surface area contributed by atoms with Crippen LogP contribution < -0.4 is 10.1 Å². The maximum Gasteiger partial charge on any atom is 0.239 e. The molecule has 0 amide bonds. The average Bonchev–Trinajstić information content (AvgIpc) is 2.77. The number of benzene rings is 1. The summed E-state index contributed by atoms with van der Waals surface area (Å²) >= 11 is 0. The van der Waals surface area contributed by atoms with Gasteiger partial charge in [-0.3, -0.25) is 4.79 Å². The molecular formula is C21H18N7O2. The highest BCUT2D eigenvalue weighted by molar-refractivity contribution is 5.96. The summed E-state index contributed by atoms with van der Waals surface area (Å²) in [6.07, 6.45) is 6.65. The molecule has 0 saturated carbocycles. The Kier molecular flexibility index (Phi) is 5.51. The summed E-state index contributed by atoms with van der Waals surface area (Å²) in [6, 6.07) is 7.45. The van der Waals surface area contributed by atoms with E-state index in [-0.39, 0.29) is 6.61 Å². The van der Waals surface area contributed by atoms with Crippen LogP contribution in [0.15, 0.2) is 43.0 Å². The molecule has 0 aliphatic heterocycles. The van der Waals surface area contributed by atoms with E-state index in [4.69, 9.17) is 4.74 Å². The fraction of sp³-hybridized carbons (Fsp3) is 0.190. The Morgan fingerprint density at radius 2 is 1.87 bits per heavy atom. The molecule has 4 rings (SSSR count). The quantitative estimate of drug-likeness (QED) is 0.499. The predicted molar refractivity (Wildman–Crippen MR) is 111 cm³/mol. The van der Waals surface area contributed by atoms with Gasteiger partial charge in [-0.05, 0) is 43.7 Å². The van der Waals surface area contributed by atoms with Crippen molar-refractivity contribution in [2.75, 3.05) is 11.9 Å². The van der Waals surface area contributed by atoms with Gasteiger partial charge in [-0.25, -0.2) is 19.9 Å². The van der Waals surface area contributed by atoms with Gasteiger partial charge in [0.25, 0.3) is 0 Å². The molecule has 0 aliphatic rings. The van der Waals surface area contributed by atoms with E-state index in [2.05, 4.69) is 35.5 Å². The van der Waals surface area contributed by atoms with Crippen molar-refractivity contribution in [2.24, 2.45) is 0 Å². The summed E-state index contributed by atoms with van der Waals surface area (Å²) < 4.78 is 5.57. The van der Waals surface area contributed by atoms with Gasteiger partial charge >= 0.3 is 0 Å². The SMILES string of the molecule is Cc1cnc(-c2cc(OC[C]=O)c3ncnc(NCc4ccc(C)nn4)c3c2)nc1. The lowest BCUT2D eigenvalue weighted by atomic mass is 10.1. The van der Waals surface area contributed by atoms with E-state index in [0.717, 1.165) is 22.5 Å². The van der Waals surface area contributed by atoms with Crippen LogP contribution in [-0.4, -0.2) is 43.0 Å². The molecule has 3 aromatic heterocycles. The second kappa shape index (κ2) is 8.56. The minimum atomic E-state index is -0.209. The first kappa shape index (κ1) is 19.3. The fourth-order valence-corrected chi connectivity index (χ4v) is 2.86. The third-order valence-electron chi connectivity index (χ3n) is 4.32. The molecule has 0 unspecified atom stereocenters. The minimum absolute atomic E-state index is 0.209. The summed E-state index contributed by atoms with van der Waals surface area (Å²) in [4.78, 5) is 28.2. The molecule has 30 heavy (non-hydrogen) atoms. The molecule has 1 aromatic carbocycles. The molecule has 0 aliphatic carbocycles. The van der Waals surface area contributed by atoms with Crippen molar-refractivity contribution in [1.29, 1.82) is 0 Å². The second-order valence-corrected chi connectivity index (χ2v) is 6.63. The summed E-state index contributed by atoms with van der Waals surface area (Å²) in [5.74, 6) is 1.55. The van der Waals surface area contributed by atoms with Gasteiger partial charge in [-0.15, -0.1) is 0 Å². The molecule has 9 heteroatoms. The summed E-state index contributed by atoms with van der Waals surface area (Å²) in [7, 11) is 0. The van der Waals surface area contributed by atoms with Gasteiger partial charge in [-0.2, -0.15) is 10.2 Å².